The van der Waals surface area contributed by atoms with E-state index in [1.165, 1.54) is 6.07 Å². The molecule has 0 amide bonds. The van der Waals surface area contributed by atoms with E-state index >= 15 is 0 Å². The Bertz CT molecular complexity index is 538. The lowest BCUT2D eigenvalue weighted by Gasteiger charge is -2.08. The number of anilines is 1. The number of hydrogen-bond donors (Lipinski definition) is 1. The molecule has 2 rings (SSSR count). The number of rotatable bonds is 2. The monoisotopic (exact) mass is 231 g/mol. The zero-order chi connectivity index (χ0) is 12.4. The van der Waals surface area contributed by atoms with Gasteiger partial charge in [0.15, 0.2) is 0 Å². The van der Waals surface area contributed by atoms with E-state index in [-0.39, 0.29) is 11.7 Å². The molecule has 1 aromatic heterocycles. The third-order valence-corrected chi connectivity index (χ3v) is 2.43. The molecule has 0 bridgehead atoms. The SMILES string of the molecule is CC(C)c1nc(N)cc(-c2ccccc2F)n1. The van der Waals surface area contributed by atoms with Crippen molar-refractivity contribution in [1.29, 1.82) is 0 Å². The molecule has 0 radical (unpaired) electrons. The minimum absolute atomic E-state index is 0.157. The van der Waals surface area contributed by atoms with Crippen LogP contribution in [0.3, 0.4) is 0 Å². The summed E-state index contributed by atoms with van der Waals surface area (Å²) < 4.78 is 13.6. The molecule has 2 N–H and O–H groups in total. The van der Waals surface area contributed by atoms with E-state index in [2.05, 4.69) is 9.97 Å². The molecule has 0 unspecified atom stereocenters. The van der Waals surface area contributed by atoms with Gasteiger partial charge in [0.1, 0.15) is 17.5 Å². The first-order valence-corrected chi connectivity index (χ1v) is 5.47. The van der Waals surface area contributed by atoms with E-state index in [9.17, 15) is 4.39 Å². The summed E-state index contributed by atoms with van der Waals surface area (Å²) in [5, 5.41) is 0. The lowest BCUT2D eigenvalue weighted by molar-refractivity contribution is 0.630. The molecule has 4 heteroatoms. The number of nitrogen functional groups attached to an aromatic ring is 1. The molecule has 0 aliphatic carbocycles. The summed E-state index contributed by atoms with van der Waals surface area (Å²) >= 11 is 0. The van der Waals surface area contributed by atoms with Crippen LogP contribution in [0.1, 0.15) is 25.6 Å². The quantitative estimate of drug-likeness (QED) is 0.864. The number of nitrogens with zero attached hydrogens (tertiary/aromatic N) is 2. The lowest BCUT2D eigenvalue weighted by atomic mass is 10.1. The van der Waals surface area contributed by atoms with E-state index in [0.29, 0.717) is 22.9 Å². The van der Waals surface area contributed by atoms with Gasteiger partial charge in [0.2, 0.25) is 0 Å². The Labute approximate surface area is 99.5 Å². The molecular formula is C13H14FN3. The Morgan fingerprint density at radius 1 is 1.18 bits per heavy atom. The second kappa shape index (κ2) is 4.49. The molecule has 1 aromatic carbocycles. The number of aromatic nitrogens is 2. The van der Waals surface area contributed by atoms with Crippen molar-refractivity contribution in [3.63, 3.8) is 0 Å². The van der Waals surface area contributed by atoms with E-state index in [0.717, 1.165) is 0 Å². The standard InChI is InChI=1S/C13H14FN3/c1-8(2)13-16-11(7-12(15)17-13)9-5-3-4-6-10(9)14/h3-8H,1-2H3,(H2,15,16,17). The Morgan fingerprint density at radius 3 is 2.53 bits per heavy atom. The van der Waals surface area contributed by atoms with Gasteiger partial charge >= 0.3 is 0 Å². The summed E-state index contributed by atoms with van der Waals surface area (Å²) in [5.74, 6) is 0.842. The molecule has 3 nitrogen and oxygen atoms in total. The molecule has 2 aromatic rings. The number of benzene rings is 1. The highest BCUT2D eigenvalue weighted by atomic mass is 19.1. The second-order valence-electron chi connectivity index (χ2n) is 4.17. The zero-order valence-electron chi connectivity index (χ0n) is 9.81. The third-order valence-electron chi connectivity index (χ3n) is 2.43. The fourth-order valence-corrected chi connectivity index (χ4v) is 1.55. The molecule has 88 valence electrons. The van der Waals surface area contributed by atoms with Gasteiger partial charge in [0.25, 0.3) is 0 Å². The number of halogens is 1. The van der Waals surface area contributed by atoms with Crippen LogP contribution in [0, 0.1) is 5.82 Å². The van der Waals surface area contributed by atoms with E-state index in [4.69, 9.17) is 5.73 Å². The zero-order valence-corrected chi connectivity index (χ0v) is 9.81. The minimum atomic E-state index is -0.305. The van der Waals surface area contributed by atoms with Crippen LogP contribution in [0.2, 0.25) is 0 Å². The fourth-order valence-electron chi connectivity index (χ4n) is 1.55. The molecule has 1 heterocycles. The topological polar surface area (TPSA) is 51.8 Å². The van der Waals surface area contributed by atoms with Gasteiger partial charge in [-0.1, -0.05) is 26.0 Å². The minimum Gasteiger partial charge on any atom is -0.384 e. The van der Waals surface area contributed by atoms with Crippen molar-refractivity contribution in [2.75, 3.05) is 5.73 Å². The molecule has 0 spiro atoms. The van der Waals surface area contributed by atoms with Gasteiger partial charge < -0.3 is 5.73 Å². The van der Waals surface area contributed by atoms with Crippen molar-refractivity contribution in [2.24, 2.45) is 0 Å². The van der Waals surface area contributed by atoms with Gasteiger partial charge in [-0.25, -0.2) is 14.4 Å². The summed E-state index contributed by atoms with van der Waals surface area (Å²) in [6.45, 7) is 3.94. The van der Waals surface area contributed by atoms with Gasteiger partial charge in [-0.05, 0) is 12.1 Å². The van der Waals surface area contributed by atoms with Crippen LogP contribution in [0.5, 0.6) is 0 Å². The Balaban J connectivity index is 2.56. The fraction of sp³-hybridized carbons (Fsp3) is 0.231. The Morgan fingerprint density at radius 2 is 1.88 bits per heavy atom. The molecule has 0 atom stereocenters. The maximum Gasteiger partial charge on any atom is 0.133 e. The summed E-state index contributed by atoms with van der Waals surface area (Å²) in [6, 6.07) is 8.09. The lowest BCUT2D eigenvalue weighted by Crippen LogP contribution is -2.03. The maximum absolute atomic E-state index is 13.6. The van der Waals surface area contributed by atoms with Crippen LogP contribution in [0.4, 0.5) is 10.2 Å². The van der Waals surface area contributed by atoms with Crippen molar-refractivity contribution in [3.05, 3.63) is 42.0 Å². The molecule has 0 saturated heterocycles. The first-order chi connectivity index (χ1) is 8.08. The largest absolute Gasteiger partial charge is 0.384 e. The number of hydrogen-bond acceptors (Lipinski definition) is 3. The van der Waals surface area contributed by atoms with Gasteiger partial charge in [-0.2, -0.15) is 0 Å². The van der Waals surface area contributed by atoms with E-state index < -0.39 is 0 Å². The van der Waals surface area contributed by atoms with Crippen LogP contribution >= 0.6 is 0 Å². The highest BCUT2D eigenvalue weighted by molar-refractivity contribution is 5.62. The molecule has 0 aliphatic rings. The molecule has 0 fully saturated rings. The van der Waals surface area contributed by atoms with Crippen molar-refractivity contribution in [3.8, 4) is 11.3 Å². The van der Waals surface area contributed by atoms with Crippen LogP contribution in [0.15, 0.2) is 30.3 Å². The highest BCUT2D eigenvalue weighted by Gasteiger charge is 2.10. The molecular weight excluding hydrogens is 217 g/mol. The molecule has 0 aliphatic heterocycles. The van der Waals surface area contributed by atoms with Crippen LogP contribution in [0.25, 0.3) is 11.3 Å². The van der Waals surface area contributed by atoms with Crippen molar-refractivity contribution >= 4 is 5.82 Å². The van der Waals surface area contributed by atoms with Crippen LogP contribution < -0.4 is 5.73 Å². The first kappa shape index (κ1) is 11.5. The van der Waals surface area contributed by atoms with E-state index in [1.807, 2.05) is 13.8 Å². The summed E-state index contributed by atoms with van der Waals surface area (Å²) in [6.07, 6.45) is 0. The van der Waals surface area contributed by atoms with Crippen molar-refractivity contribution in [1.82, 2.24) is 9.97 Å². The van der Waals surface area contributed by atoms with E-state index in [1.54, 1.807) is 24.3 Å². The summed E-state index contributed by atoms with van der Waals surface area (Å²) in [5.41, 5.74) is 6.69. The molecule has 17 heavy (non-hydrogen) atoms. The molecule has 0 saturated carbocycles. The third kappa shape index (κ3) is 2.41. The highest BCUT2D eigenvalue weighted by Crippen LogP contribution is 2.23. The van der Waals surface area contributed by atoms with Gasteiger partial charge in [-0.3, -0.25) is 0 Å². The van der Waals surface area contributed by atoms with Crippen LogP contribution in [-0.4, -0.2) is 9.97 Å². The normalized spacial score (nSPS) is 10.8. The smallest absolute Gasteiger partial charge is 0.133 e. The Hall–Kier alpha value is -1.97. The summed E-state index contributed by atoms with van der Waals surface area (Å²) in [4.78, 5) is 8.47. The van der Waals surface area contributed by atoms with Crippen molar-refractivity contribution in [2.45, 2.75) is 19.8 Å². The number of nitrogens with two attached hydrogens (primary N) is 1. The predicted octanol–water partition coefficient (Wildman–Crippen LogP) is 2.99. The Kier molecular flexibility index (Phi) is 3.04. The van der Waals surface area contributed by atoms with Gasteiger partial charge in [0, 0.05) is 17.5 Å². The average Bonchev–Trinajstić information content (AvgIpc) is 2.28. The first-order valence-electron chi connectivity index (χ1n) is 5.47. The van der Waals surface area contributed by atoms with Crippen molar-refractivity contribution < 1.29 is 4.39 Å². The second-order valence-corrected chi connectivity index (χ2v) is 4.17. The predicted molar refractivity (Wildman–Crippen MR) is 65.9 cm³/mol. The van der Waals surface area contributed by atoms with Gasteiger partial charge in [0.05, 0.1) is 5.69 Å². The average molecular weight is 231 g/mol. The maximum atomic E-state index is 13.6. The van der Waals surface area contributed by atoms with Crippen LogP contribution in [-0.2, 0) is 0 Å². The summed E-state index contributed by atoms with van der Waals surface area (Å²) in [7, 11) is 0. The van der Waals surface area contributed by atoms with Gasteiger partial charge in [-0.15, -0.1) is 0 Å².